The van der Waals surface area contributed by atoms with Crippen molar-refractivity contribution in [2.45, 2.75) is 107 Å². The van der Waals surface area contributed by atoms with Crippen molar-refractivity contribution in [3.05, 3.63) is 254 Å². The van der Waals surface area contributed by atoms with Crippen molar-refractivity contribution in [2.24, 2.45) is 30.7 Å². The van der Waals surface area contributed by atoms with Gasteiger partial charge in [0.1, 0.15) is 35.5 Å². The molecule has 668 valence electrons. The van der Waals surface area contributed by atoms with Gasteiger partial charge in [-0.2, -0.15) is 30.1 Å². The Morgan fingerprint density at radius 2 is 0.756 bits per heavy atom. The molecule has 4 aliphatic rings. The number of carbonyl (C=O) groups excluding carboxylic acids is 1. The van der Waals surface area contributed by atoms with Crippen LogP contribution in [-0.4, -0.2) is 175 Å². The average Bonchev–Trinajstić information content (AvgIpc) is 1.61. The van der Waals surface area contributed by atoms with Gasteiger partial charge in [-0.1, -0.05) is 118 Å². The number of hydrogen-bond acceptors (Lipinski definition) is 33. The molecular formula is C95H101N29O7. The van der Waals surface area contributed by atoms with E-state index >= 15 is 0 Å². The Morgan fingerprint density at radius 3 is 1.15 bits per heavy atom. The molecule has 4 atom stereocenters. The lowest BCUT2D eigenvalue weighted by Crippen LogP contribution is -2.28. The Labute approximate surface area is 754 Å². The number of rotatable bonds is 30. The molecule has 4 aliphatic carbocycles. The van der Waals surface area contributed by atoms with Gasteiger partial charge in [-0.25, -0.2) is 44.9 Å². The van der Waals surface area contributed by atoms with Gasteiger partial charge < -0.3 is 66.0 Å². The van der Waals surface area contributed by atoms with Crippen LogP contribution in [0.25, 0.3) is 90.6 Å². The third kappa shape index (κ3) is 19.6. The number of nitrogen functional groups attached to an aromatic ring is 4. The number of likely N-dealkylation sites (N-methyl/N-ethyl adjacent to an activating group) is 1. The fraction of sp³-hybridized carbons (Fsp3) is 0.316. The van der Waals surface area contributed by atoms with Crippen molar-refractivity contribution in [2.75, 3.05) is 88.2 Å². The summed E-state index contributed by atoms with van der Waals surface area (Å²) in [5, 5.41) is 32.2. The van der Waals surface area contributed by atoms with Crippen LogP contribution in [0.3, 0.4) is 0 Å². The maximum atomic E-state index is 12.0. The number of hydrogen-bond donors (Lipinski definition) is 6. The highest BCUT2D eigenvalue weighted by Gasteiger charge is 2.51. The zero-order valence-corrected chi connectivity index (χ0v) is 74.1. The highest BCUT2D eigenvalue weighted by Crippen LogP contribution is 2.55. The predicted molar refractivity (Wildman–Crippen MR) is 491 cm³/mol. The summed E-state index contributed by atoms with van der Waals surface area (Å²) in [5.74, 6) is 9.10. The number of pyridine rings is 2. The first-order chi connectivity index (χ1) is 63.5. The zero-order valence-electron chi connectivity index (χ0n) is 74.1. The molecule has 10 N–H and O–H groups in total. The molecule has 4 fully saturated rings. The predicted octanol–water partition coefficient (Wildman–Crippen LogP) is 13.9. The maximum Gasteiger partial charge on any atom is 0.278 e. The third-order valence-corrected chi connectivity index (χ3v) is 24.9. The SMILES string of the molecule is CN(C)C(=O)Cn1cc(-c2nc([C@@](C)(c3ccc(-c4cnc(N)cn4)cc3)C3CC3)no2)cn1.COCCNc1ccc(-c2nc(C(C)(c3ccc(-c4cnc(N)nc4)cc3)C3CC3)no2)cn1.COCCNc1cnc(-c2nc(C(C)(c3ccc(-c4cnc(N)nc4)cc3)C3CC3)no2)cn1.Cn1cc(-c2nc([C@@](C)(c3ccc(-c4ccc(N)nc4)cc3)C3CC3)no2)cn1. The van der Waals surface area contributed by atoms with E-state index in [-0.39, 0.29) is 46.0 Å². The molecule has 20 rings (SSSR count). The molecule has 2 unspecified atom stereocenters. The van der Waals surface area contributed by atoms with Gasteiger partial charge in [-0.05, 0) is 166 Å². The lowest BCUT2D eigenvalue weighted by Gasteiger charge is -2.27. The first kappa shape index (κ1) is 87.7. The van der Waals surface area contributed by atoms with Gasteiger partial charge >= 0.3 is 0 Å². The number of benzene rings is 4. The van der Waals surface area contributed by atoms with Gasteiger partial charge in [0.15, 0.2) is 23.3 Å². The summed E-state index contributed by atoms with van der Waals surface area (Å²) >= 11 is 0. The lowest BCUT2D eigenvalue weighted by molar-refractivity contribution is -0.129. The second-order valence-electron chi connectivity index (χ2n) is 34.0. The smallest absolute Gasteiger partial charge is 0.278 e. The average molecular weight is 1760 g/mol. The van der Waals surface area contributed by atoms with Gasteiger partial charge in [-0.15, -0.1) is 0 Å². The summed E-state index contributed by atoms with van der Waals surface area (Å²) in [6.07, 6.45) is 33.0. The van der Waals surface area contributed by atoms with Crippen molar-refractivity contribution < 1.29 is 32.4 Å². The molecule has 0 saturated heterocycles. The Balaban J connectivity index is 0.000000122. The minimum Gasteiger partial charge on any atom is -0.384 e. The van der Waals surface area contributed by atoms with E-state index in [0.29, 0.717) is 120 Å². The first-order valence-electron chi connectivity index (χ1n) is 43.2. The number of nitrogens with zero attached hydrogens (tertiary/aromatic N) is 23. The van der Waals surface area contributed by atoms with E-state index in [1.54, 1.807) is 118 Å². The number of methoxy groups -OCH3 is 2. The summed E-state index contributed by atoms with van der Waals surface area (Å²) in [5.41, 5.74) is 36.3. The molecule has 36 nitrogen and oxygen atoms in total. The summed E-state index contributed by atoms with van der Waals surface area (Å²) < 4.78 is 35.9. The fourth-order valence-electron chi connectivity index (χ4n) is 16.2. The first-order valence-corrected chi connectivity index (χ1v) is 43.2. The number of amides is 1. The van der Waals surface area contributed by atoms with E-state index < -0.39 is 0 Å². The Morgan fingerprint density at radius 1 is 0.382 bits per heavy atom. The molecule has 12 heterocycles. The summed E-state index contributed by atoms with van der Waals surface area (Å²) in [4.78, 5) is 74.7. The van der Waals surface area contributed by atoms with E-state index in [4.69, 9.17) is 70.4 Å². The summed E-state index contributed by atoms with van der Waals surface area (Å²) in [6, 6.07) is 41.2. The van der Waals surface area contributed by atoms with Crippen LogP contribution in [0, 0.1) is 23.7 Å². The molecule has 4 saturated carbocycles. The van der Waals surface area contributed by atoms with E-state index in [2.05, 4.69) is 204 Å². The van der Waals surface area contributed by atoms with Crippen LogP contribution < -0.4 is 33.6 Å². The molecule has 0 aliphatic heterocycles. The van der Waals surface area contributed by atoms with Crippen molar-refractivity contribution >= 4 is 41.1 Å². The molecule has 0 spiro atoms. The van der Waals surface area contributed by atoms with Crippen LogP contribution in [-0.2, 0) is 49.5 Å². The minimum absolute atomic E-state index is 0.0458. The number of aryl methyl sites for hydroxylation is 1. The number of anilines is 6. The monoisotopic (exact) mass is 1760 g/mol. The van der Waals surface area contributed by atoms with Crippen molar-refractivity contribution in [1.29, 1.82) is 0 Å². The molecule has 1 amide bonds. The molecule has 0 bridgehead atoms. The Bertz CT molecular complexity index is 6300. The van der Waals surface area contributed by atoms with Crippen molar-refractivity contribution in [3.8, 4) is 90.6 Å². The highest BCUT2D eigenvalue weighted by molar-refractivity contribution is 5.75. The molecule has 4 aromatic carbocycles. The van der Waals surface area contributed by atoms with Crippen LogP contribution in [0.2, 0.25) is 0 Å². The number of ether oxygens (including phenoxy) is 2. The largest absolute Gasteiger partial charge is 0.384 e. The summed E-state index contributed by atoms with van der Waals surface area (Å²) in [7, 11) is 8.62. The van der Waals surface area contributed by atoms with E-state index in [0.717, 1.165) is 135 Å². The quantitative estimate of drug-likeness (QED) is 0.0228. The standard InChI is InChI=1S/C25H27N7O2.2C24H26N8O2.C22H22N6O/c1-25(20-8-9-20,19-6-3-16(4-7-19)18-14-29-24(26)30-15-18)23-31-22(34-32-23)17-5-10-21(28-13-17)27-11-12-33-2;1-24(18-8-9-18,17-6-4-15(5-7-17)19-11-27-20(25)12-26-19)23-29-22(34-30-23)16-10-28-32(13-16)14-21(33)31(2)3;1-24(18-7-8-18,17-5-3-15(4-6-17)16-11-29-23(25)30-12-16)22-31-21(34-32-22)19-13-28-20(14-27-19)26-9-10-33-2;1-22(18-8-9-18,21-26-20(29-27-21)16-12-25-28(2)13-16)17-6-3-14(4-7-17)15-5-10-19(23)24-11-15/h3-7,10,13-15,20H,8-9,11-12H2,1-2H3,(H,27,28)(H2,26,29,30);4-7,10-13,18H,8-9,14H2,1-3H3,(H2,25,27);3-6,11-14,18H,7-10H2,1-2H3,(H,26,28)(H2,25,29,30);3-7,10-13,18H,8-9H2,1-2H3,(H2,23,24)/t;24-;;22-/m.0.0/s1. The van der Waals surface area contributed by atoms with Crippen molar-refractivity contribution in [3.63, 3.8) is 0 Å². The number of nitrogens with one attached hydrogen (secondary N) is 2. The van der Waals surface area contributed by atoms with Gasteiger partial charge in [0.05, 0.1) is 94.4 Å². The Kier molecular flexibility index (Phi) is 25.4. The van der Waals surface area contributed by atoms with Gasteiger partial charge in [-0.3, -0.25) is 19.1 Å². The third-order valence-electron chi connectivity index (χ3n) is 24.9. The number of aromatic nitrogens is 22. The fourth-order valence-corrected chi connectivity index (χ4v) is 16.2. The van der Waals surface area contributed by atoms with Crippen LogP contribution in [0.1, 0.15) is 125 Å². The molecule has 12 aromatic heterocycles. The zero-order chi connectivity index (χ0) is 91.0. The van der Waals surface area contributed by atoms with E-state index in [1.165, 1.54) is 10.5 Å². The van der Waals surface area contributed by atoms with E-state index in [1.807, 2.05) is 49.6 Å². The van der Waals surface area contributed by atoms with Crippen LogP contribution >= 0.6 is 0 Å². The maximum absolute atomic E-state index is 12.0. The van der Waals surface area contributed by atoms with Gasteiger partial charge in [0.2, 0.25) is 17.8 Å². The molecule has 0 radical (unpaired) electrons. The molecule has 131 heavy (non-hydrogen) atoms. The van der Waals surface area contributed by atoms with E-state index in [9.17, 15) is 4.79 Å². The molecular weight excluding hydrogens is 1660 g/mol. The number of carbonyl (C=O) groups is 1. The molecule has 16 aromatic rings. The normalized spacial score (nSPS) is 15.3. The van der Waals surface area contributed by atoms with Crippen LogP contribution in [0.15, 0.2) is 226 Å². The summed E-state index contributed by atoms with van der Waals surface area (Å²) in [6.45, 7) is 11.4. The van der Waals surface area contributed by atoms with Crippen molar-refractivity contribution in [1.82, 2.24) is 115 Å². The van der Waals surface area contributed by atoms with Crippen LogP contribution in [0.4, 0.5) is 35.2 Å². The second kappa shape index (κ2) is 37.9. The van der Waals surface area contributed by atoms with Crippen LogP contribution in [0.5, 0.6) is 0 Å². The highest BCUT2D eigenvalue weighted by atomic mass is 16.5. The lowest BCUT2D eigenvalue weighted by atomic mass is 9.76. The Hall–Kier alpha value is -15.3. The van der Waals surface area contributed by atoms with Gasteiger partial charge in [0, 0.05) is 120 Å². The minimum atomic E-state index is -0.385. The molecule has 36 heteroatoms. The number of nitrogens with two attached hydrogens (primary N) is 4. The van der Waals surface area contributed by atoms with Gasteiger partial charge in [0.25, 0.3) is 23.6 Å². The second-order valence-corrected chi connectivity index (χ2v) is 34.0. The topological polar surface area (TPSA) is 487 Å².